The van der Waals surface area contributed by atoms with E-state index in [2.05, 4.69) is 39.2 Å². The summed E-state index contributed by atoms with van der Waals surface area (Å²) in [4.78, 5) is 168. The molecule has 117 heavy (non-hydrogen) atoms. The largest absolute Gasteiger partial charge is 0.308 e. The molecule has 17 nitrogen and oxygen atoms in total. The molecule has 0 N–H and O–H groups in total. The number of aryl methyl sites for hydroxylation is 1. The number of carbonyl (C=O) groups excluding carboxylic acids is 10. The number of unbranched alkanes of at least 4 members (excludes halogenated alkanes) is 45. The van der Waals surface area contributed by atoms with E-state index < -0.39 is 58.8 Å². The van der Waals surface area contributed by atoms with Crippen LogP contribution in [0.15, 0.2) is 24.3 Å². The van der Waals surface area contributed by atoms with E-state index in [1.807, 2.05) is 0 Å². The summed E-state index contributed by atoms with van der Waals surface area (Å²) in [7, 11) is 0. The highest BCUT2D eigenvalue weighted by Gasteiger charge is 2.47. The normalized spacial score (nSPS) is 14.1. The molecule has 0 radical (unpaired) electrons. The minimum atomic E-state index is -0.618. The zero-order valence-corrected chi connectivity index (χ0v) is 73.9. The van der Waals surface area contributed by atoms with Gasteiger partial charge in [-0.3, -0.25) is 67.5 Å². The molecule has 11 rings (SSSR count). The van der Waals surface area contributed by atoms with Crippen LogP contribution in [0.1, 0.15) is 473 Å². The van der Waals surface area contributed by atoms with Gasteiger partial charge in [0, 0.05) is 98.8 Å². The molecule has 0 saturated carbocycles. The first-order chi connectivity index (χ1) is 57.0. The van der Waals surface area contributed by atoms with E-state index in [0.717, 1.165) is 135 Å². The molecule has 7 heterocycles. The molecule has 4 aliphatic heterocycles. The fraction of sp³-hybridized carbons (Fsp3) is 0.633. The molecule has 7 aromatic rings. The fourth-order valence-corrected chi connectivity index (χ4v) is 20.9. The number of amides is 8. The lowest BCUT2D eigenvalue weighted by molar-refractivity contribution is 0.0585. The van der Waals surface area contributed by atoms with E-state index in [-0.39, 0.29) is 103 Å². The Balaban J connectivity index is 1.03. The van der Waals surface area contributed by atoms with Gasteiger partial charge in [0.2, 0.25) is 0 Å². The van der Waals surface area contributed by atoms with E-state index in [1.54, 1.807) is 12.1 Å². The van der Waals surface area contributed by atoms with Crippen molar-refractivity contribution >= 4 is 124 Å². The van der Waals surface area contributed by atoms with Crippen molar-refractivity contribution in [2.75, 3.05) is 26.2 Å². The number of thiazole rings is 2. The van der Waals surface area contributed by atoms with Gasteiger partial charge in [0.25, 0.3) is 47.3 Å². The summed E-state index contributed by atoms with van der Waals surface area (Å²) in [5.74, 6) is -5.52. The Kier molecular flexibility index (Phi) is 34.8. The van der Waals surface area contributed by atoms with Gasteiger partial charge in [0.05, 0.1) is 31.7 Å². The molecule has 3 aromatic heterocycles. The van der Waals surface area contributed by atoms with Crippen LogP contribution in [0.4, 0.5) is 0 Å². The van der Waals surface area contributed by atoms with Gasteiger partial charge in [0.1, 0.15) is 10.0 Å². The van der Waals surface area contributed by atoms with Crippen LogP contribution in [0.5, 0.6) is 0 Å². The molecule has 0 fully saturated rings. The first-order valence-corrected chi connectivity index (χ1v) is 48.3. The number of rotatable bonds is 59. The number of carbonyl (C=O) groups is 10. The standard InChI is InChI=1S/C98H135N7O10S2/c1-8-13-18-23-28-33-38-43-48-53-58-101-87-85(116-89(99-87)71-65-75-77-79-73(91(108)104(97(114)83(71)79)61-56-51-46-41-36-31-26-21-16-11-4)63-69(67(6)106)81(77)95(112)102(93(75)110)59-54-49-44-39-34-29-24-19-14-9-2)86-88(101)100-90(117-86)72-66-76-78-80-74(92(109)105(98(115)84(72)80)62-57-52-47-42-37-32-27-22-17-12-5)64-70(68(7)107)82(78)96(113)103(94(76)111)60-55-50-45-40-35-30-25-20-15-10-3/h63-66H,8-62H2,1-7H3. The molecule has 0 unspecified atom stereocenters. The maximum atomic E-state index is 15.9. The first-order valence-electron chi connectivity index (χ1n) is 46.7. The summed E-state index contributed by atoms with van der Waals surface area (Å²) >= 11 is 2.66. The summed E-state index contributed by atoms with van der Waals surface area (Å²) in [6.45, 7) is 14.8. The molecule has 4 aliphatic rings. The second-order valence-corrected chi connectivity index (χ2v) is 36.5. The van der Waals surface area contributed by atoms with Gasteiger partial charge in [-0.2, -0.15) is 0 Å². The number of Topliss-reactive ketones (excluding diaryl/α,β-unsaturated/α-hetero) is 2. The third kappa shape index (κ3) is 21.2. The van der Waals surface area contributed by atoms with Crippen LogP contribution in [0.2, 0.25) is 0 Å². The van der Waals surface area contributed by atoms with E-state index >= 15 is 38.4 Å². The molecule has 0 saturated heterocycles. The lowest BCUT2D eigenvalue weighted by Gasteiger charge is -2.34. The van der Waals surface area contributed by atoms with Crippen molar-refractivity contribution in [3.63, 3.8) is 0 Å². The Labute approximate surface area is 704 Å². The van der Waals surface area contributed by atoms with Crippen molar-refractivity contribution in [2.45, 2.75) is 376 Å². The van der Waals surface area contributed by atoms with E-state index in [4.69, 9.17) is 9.97 Å². The highest BCUT2D eigenvalue weighted by atomic mass is 32.1. The average molecular weight is 1640 g/mol. The van der Waals surface area contributed by atoms with Gasteiger partial charge in [0.15, 0.2) is 22.9 Å². The van der Waals surface area contributed by atoms with Crippen LogP contribution >= 0.6 is 22.7 Å². The number of nitrogens with zero attached hydrogens (tertiary/aromatic N) is 7. The number of benzene rings is 4. The molecule has 8 amide bonds. The Morgan fingerprint density at radius 1 is 0.256 bits per heavy atom. The Hall–Kier alpha value is -7.64. The summed E-state index contributed by atoms with van der Waals surface area (Å²) in [5.41, 5.74) is 2.64. The van der Waals surface area contributed by atoms with Gasteiger partial charge in [-0.25, -0.2) is 9.97 Å². The minimum absolute atomic E-state index is 0.0231. The molecule has 0 spiro atoms. The van der Waals surface area contributed by atoms with E-state index in [9.17, 15) is 9.59 Å². The summed E-state index contributed by atoms with van der Waals surface area (Å²) in [5, 5.41) is 1.42. The lowest BCUT2D eigenvalue weighted by Crippen LogP contribution is -2.44. The molecular formula is C98H135N7O10S2. The van der Waals surface area contributed by atoms with Crippen molar-refractivity contribution in [3.05, 3.63) is 79.9 Å². The van der Waals surface area contributed by atoms with Crippen LogP contribution in [-0.2, 0) is 6.54 Å². The Morgan fingerprint density at radius 3 is 0.701 bits per heavy atom. The predicted molar refractivity (Wildman–Crippen MR) is 477 cm³/mol. The average Bonchev–Trinajstić information content (AvgIpc) is 1.34. The third-order valence-corrected chi connectivity index (χ3v) is 27.7. The molecule has 0 bridgehead atoms. The number of hydrogen-bond acceptors (Lipinski definition) is 14. The topological polar surface area (TPSA) is 214 Å². The Morgan fingerprint density at radius 2 is 0.462 bits per heavy atom. The predicted octanol–water partition coefficient (Wildman–Crippen LogP) is 26.7. The molecule has 0 atom stereocenters. The van der Waals surface area contributed by atoms with Gasteiger partial charge >= 0.3 is 0 Å². The van der Waals surface area contributed by atoms with Crippen molar-refractivity contribution in [1.82, 2.24) is 34.1 Å². The Bertz CT molecular complexity index is 4410. The molecule has 634 valence electrons. The number of ketones is 2. The molecule has 0 aliphatic carbocycles. The second kappa shape index (κ2) is 45.1. The van der Waals surface area contributed by atoms with Crippen LogP contribution in [0.25, 0.3) is 63.4 Å². The minimum Gasteiger partial charge on any atom is -0.308 e. The maximum absolute atomic E-state index is 15.9. The molecular weight excluding hydrogens is 1500 g/mol. The van der Waals surface area contributed by atoms with E-state index in [0.29, 0.717) is 74.1 Å². The number of aromatic nitrogens is 3. The highest BCUT2D eigenvalue weighted by molar-refractivity contribution is 7.29. The smallest absolute Gasteiger partial charge is 0.262 e. The SMILES string of the molecule is CCCCCCCCCCCCN1C(=O)c2cc(-c3nc4c(s3)c3sc(-c5cc6c7c(c(C(C)=O)cc8c7c5C(=O)N(CCCCCCCCCCCC)C8=O)C(=O)N(CCCCCCCCCCCC)C6=O)nc3n4CCCCCCCCCCCC)c3c4c(cc(C(C)=O)c(c24)C1=O)C(=O)N(CCCCCCCCCCCC)C3=O. The third-order valence-electron chi connectivity index (χ3n) is 25.4. The van der Waals surface area contributed by atoms with Gasteiger partial charge < -0.3 is 4.57 Å². The van der Waals surface area contributed by atoms with Crippen LogP contribution in [0, 0.1) is 0 Å². The maximum Gasteiger partial charge on any atom is 0.262 e. The van der Waals surface area contributed by atoms with E-state index in [1.165, 1.54) is 229 Å². The number of fused-ring (bicyclic) bond motifs is 3. The van der Waals surface area contributed by atoms with Crippen LogP contribution in [-0.4, -0.2) is 119 Å². The summed E-state index contributed by atoms with van der Waals surface area (Å²) in [6, 6.07) is 6.35. The first kappa shape index (κ1) is 90.1. The van der Waals surface area contributed by atoms with Gasteiger partial charge in [-0.15, -0.1) is 22.7 Å². The number of imide groups is 4. The monoisotopic (exact) mass is 1630 g/mol. The fourth-order valence-electron chi connectivity index (χ4n) is 18.6. The van der Waals surface area contributed by atoms with Crippen LogP contribution < -0.4 is 0 Å². The number of hydrogen-bond donors (Lipinski definition) is 0. The second-order valence-electron chi connectivity index (χ2n) is 34.5. The van der Waals surface area contributed by atoms with Crippen LogP contribution in [0.3, 0.4) is 0 Å². The van der Waals surface area contributed by atoms with Gasteiger partial charge in [-0.05, 0) is 70.2 Å². The summed E-state index contributed by atoms with van der Waals surface area (Å²) in [6.07, 6.45) is 53.2. The zero-order chi connectivity index (χ0) is 82.9. The van der Waals surface area contributed by atoms with Crippen molar-refractivity contribution in [2.24, 2.45) is 0 Å². The molecule has 19 heteroatoms. The van der Waals surface area contributed by atoms with Gasteiger partial charge in [-0.1, -0.05) is 324 Å². The van der Waals surface area contributed by atoms with Crippen molar-refractivity contribution in [3.8, 4) is 21.1 Å². The lowest BCUT2D eigenvalue weighted by atomic mass is 9.80. The van der Waals surface area contributed by atoms with Crippen molar-refractivity contribution in [1.29, 1.82) is 0 Å². The van der Waals surface area contributed by atoms with Crippen molar-refractivity contribution < 1.29 is 47.9 Å². The zero-order valence-electron chi connectivity index (χ0n) is 72.2. The quantitative estimate of drug-likeness (QED) is 0.0198. The highest BCUT2D eigenvalue weighted by Crippen LogP contribution is 2.51. The molecule has 4 aromatic carbocycles. The summed E-state index contributed by atoms with van der Waals surface area (Å²) < 4.78 is 3.54.